The number of hydrogen-bond donors (Lipinski definition) is 5. The third-order valence-corrected chi connectivity index (χ3v) is 4.61. The third-order valence-electron chi connectivity index (χ3n) is 4.61. The fourth-order valence-corrected chi connectivity index (χ4v) is 2.76. The van der Waals surface area contributed by atoms with E-state index in [4.69, 9.17) is 14.9 Å². The van der Waals surface area contributed by atoms with Gasteiger partial charge in [0.05, 0.1) is 0 Å². The summed E-state index contributed by atoms with van der Waals surface area (Å²) in [6, 6.07) is 5.39. The summed E-state index contributed by atoms with van der Waals surface area (Å²) in [6.45, 7) is 0.441. The molecule has 12 nitrogen and oxygen atoms in total. The van der Waals surface area contributed by atoms with Crippen LogP contribution in [-0.4, -0.2) is 75.9 Å². The van der Waals surface area contributed by atoms with Gasteiger partial charge in [0.2, 0.25) is 0 Å². The minimum absolute atomic E-state index is 0.0442. The molecular formula is C21H29N3O9. The summed E-state index contributed by atoms with van der Waals surface area (Å²) in [6.07, 6.45) is -0.492. The highest BCUT2D eigenvalue weighted by Crippen LogP contribution is 2.06. The van der Waals surface area contributed by atoms with Crippen molar-refractivity contribution in [2.45, 2.75) is 50.8 Å². The zero-order valence-corrected chi connectivity index (χ0v) is 18.2. The molecule has 12 heteroatoms. The smallest absolute Gasteiger partial charge is 0.409 e. The summed E-state index contributed by atoms with van der Waals surface area (Å²) in [5.41, 5.74) is 0.848. The van der Waals surface area contributed by atoms with Gasteiger partial charge in [-0.2, -0.15) is 0 Å². The number of nitrogens with zero attached hydrogens (tertiary/aromatic N) is 1. The Morgan fingerprint density at radius 3 is 2.03 bits per heavy atom. The second-order valence-electron chi connectivity index (χ2n) is 7.29. The summed E-state index contributed by atoms with van der Waals surface area (Å²) >= 11 is 0. The molecule has 0 radical (unpaired) electrons. The van der Waals surface area contributed by atoms with Gasteiger partial charge in [0.15, 0.2) is 0 Å². The molecule has 0 bridgehead atoms. The van der Waals surface area contributed by atoms with E-state index in [2.05, 4.69) is 10.6 Å². The Bertz CT molecular complexity index is 816. The molecule has 5 N–H and O–H groups in total. The number of benzene rings is 1. The molecule has 33 heavy (non-hydrogen) atoms. The average molecular weight is 467 g/mol. The Morgan fingerprint density at radius 1 is 0.909 bits per heavy atom. The molecule has 1 aromatic rings. The summed E-state index contributed by atoms with van der Waals surface area (Å²) in [4.78, 5) is 58.5. The number of amides is 3. The summed E-state index contributed by atoms with van der Waals surface area (Å²) in [5, 5.41) is 31.2. The first-order chi connectivity index (χ1) is 15.6. The number of hydrogen-bond acceptors (Lipinski definition) is 6. The van der Waals surface area contributed by atoms with E-state index >= 15 is 0 Å². The molecule has 3 amide bonds. The van der Waals surface area contributed by atoms with Crippen LogP contribution >= 0.6 is 0 Å². The van der Waals surface area contributed by atoms with E-state index in [0.717, 1.165) is 5.56 Å². The number of unbranched alkanes of at least 4 members (excludes halogenated alkanes) is 1. The zero-order chi connectivity index (χ0) is 24.8. The van der Waals surface area contributed by atoms with Crippen molar-refractivity contribution in [3.05, 3.63) is 35.9 Å². The van der Waals surface area contributed by atoms with E-state index in [-0.39, 0.29) is 19.4 Å². The molecule has 1 aromatic carbocycles. The number of rotatable bonds is 14. The number of aliphatic carboxylic acids is 3. The van der Waals surface area contributed by atoms with Crippen LogP contribution in [0.15, 0.2) is 30.3 Å². The monoisotopic (exact) mass is 467 g/mol. The normalized spacial score (nSPS) is 12.2. The highest BCUT2D eigenvalue weighted by atomic mass is 16.6. The largest absolute Gasteiger partial charge is 0.481 e. The predicted octanol–water partition coefficient (Wildman–Crippen LogP) is 1.50. The molecule has 0 aromatic heterocycles. The van der Waals surface area contributed by atoms with Crippen molar-refractivity contribution in [1.82, 2.24) is 15.5 Å². The van der Waals surface area contributed by atoms with E-state index in [0.29, 0.717) is 19.4 Å². The predicted molar refractivity (Wildman–Crippen MR) is 114 cm³/mol. The van der Waals surface area contributed by atoms with Gasteiger partial charge in [0.25, 0.3) is 0 Å². The second kappa shape index (κ2) is 14.3. The lowest BCUT2D eigenvalue weighted by Crippen LogP contribution is -2.51. The molecule has 182 valence electrons. The zero-order valence-electron chi connectivity index (χ0n) is 18.2. The van der Waals surface area contributed by atoms with Crippen LogP contribution in [0.2, 0.25) is 0 Å². The van der Waals surface area contributed by atoms with Crippen LogP contribution in [0.25, 0.3) is 0 Å². The molecule has 0 aliphatic heterocycles. The molecule has 1 unspecified atom stereocenters. The van der Waals surface area contributed by atoms with Crippen LogP contribution in [0.1, 0.15) is 37.7 Å². The van der Waals surface area contributed by atoms with Gasteiger partial charge in [0, 0.05) is 20.0 Å². The molecule has 0 aliphatic rings. The van der Waals surface area contributed by atoms with Crippen LogP contribution < -0.4 is 10.6 Å². The van der Waals surface area contributed by atoms with Crippen molar-refractivity contribution >= 4 is 30.0 Å². The highest BCUT2D eigenvalue weighted by Gasteiger charge is 2.24. The van der Waals surface area contributed by atoms with Gasteiger partial charge in [-0.3, -0.25) is 4.79 Å². The van der Waals surface area contributed by atoms with Crippen molar-refractivity contribution < 1.29 is 44.0 Å². The first-order valence-electron chi connectivity index (χ1n) is 10.3. The molecule has 1 rings (SSSR count). The minimum atomic E-state index is -1.47. The maximum absolute atomic E-state index is 12.0. The van der Waals surface area contributed by atoms with Crippen LogP contribution in [0.4, 0.5) is 9.59 Å². The second-order valence-corrected chi connectivity index (χ2v) is 7.29. The number of nitrogens with one attached hydrogen (secondary N) is 2. The molecule has 0 saturated carbocycles. The number of carboxylic acid groups (broad SMARTS) is 3. The van der Waals surface area contributed by atoms with Gasteiger partial charge >= 0.3 is 30.0 Å². The van der Waals surface area contributed by atoms with Crippen LogP contribution in [0, 0.1) is 0 Å². The fourth-order valence-electron chi connectivity index (χ4n) is 2.76. The minimum Gasteiger partial charge on any atom is -0.481 e. The number of carboxylic acids is 3. The SMILES string of the molecule is CN(CCCC[C@H](NC(=O)NC(CCC(=O)O)C(=O)O)C(=O)O)C(=O)OCc1ccccc1. The van der Waals surface area contributed by atoms with Gasteiger partial charge in [0.1, 0.15) is 18.7 Å². The van der Waals surface area contributed by atoms with E-state index in [1.165, 1.54) is 4.90 Å². The number of carbonyl (C=O) groups excluding carboxylic acids is 2. The quantitative estimate of drug-likeness (QED) is 0.253. The van der Waals surface area contributed by atoms with Crippen molar-refractivity contribution in [2.75, 3.05) is 13.6 Å². The first-order valence-corrected chi connectivity index (χ1v) is 10.3. The van der Waals surface area contributed by atoms with E-state index < -0.39 is 48.5 Å². The Hall–Kier alpha value is -3.83. The third kappa shape index (κ3) is 11.4. The molecule has 0 aliphatic carbocycles. The van der Waals surface area contributed by atoms with Gasteiger partial charge < -0.3 is 35.6 Å². The molecule has 0 saturated heterocycles. The summed E-state index contributed by atoms with van der Waals surface area (Å²) in [5.74, 6) is -3.96. The molecular weight excluding hydrogens is 438 g/mol. The lowest BCUT2D eigenvalue weighted by atomic mass is 10.1. The standard InChI is InChI=1S/C21H29N3O9/c1-24(21(32)33-13-14-7-3-2-4-8-14)12-6-5-9-15(18(27)28)22-20(31)23-16(19(29)30)10-11-17(25)26/h2-4,7-8,15-16H,5-6,9-13H2,1H3,(H,25,26)(H,27,28)(H,29,30)(H2,22,23,31)/t15-,16?/m0/s1. The van der Waals surface area contributed by atoms with Gasteiger partial charge in [-0.25, -0.2) is 19.2 Å². The van der Waals surface area contributed by atoms with Crippen molar-refractivity contribution in [2.24, 2.45) is 0 Å². The fraction of sp³-hybridized carbons (Fsp3) is 0.476. The first kappa shape index (κ1) is 27.2. The van der Waals surface area contributed by atoms with Gasteiger partial charge in [-0.15, -0.1) is 0 Å². The van der Waals surface area contributed by atoms with Crippen molar-refractivity contribution in [3.8, 4) is 0 Å². The average Bonchev–Trinajstić information content (AvgIpc) is 2.76. The Labute approximate surface area is 190 Å². The Kier molecular flexibility index (Phi) is 11.8. The van der Waals surface area contributed by atoms with Crippen LogP contribution in [-0.2, 0) is 25.7 Å². The lowest BCUT2D eigenvalue weighted by molar-refractivity contribution is -0.140. The number of urea groups is 1. The summed E-state index contributed by atoms with van der Waals surface area (Å²) < 4.78 is 5.19. The molecule has 0 spiro atoms. The highest BCUT2D eigenvalue weighted by molar-refractivity contribution is 5.86. The van der Waals surface area contributed by atoms with E-state index in [9.17, 15) is 29.1 Å². The van der Waals surface area contributed by atoms with Crippen LogP contribution in [0.5, 0.6) is 0 Å². The van der Waals surface area contributed by atoms with E-state index in [1.54, 1.807) is 7.05 Å². The number of carbonyl (C=O) groups is 5. The molecule has 0 heterocycles. The molecule has 0 fully saturated rings. The Morgan fingerprint density at radius 2 is 1.48 bits per heavy atom. The topological polar surface area (TPSA) is 183 Å². The molecule has 2 atom stereocenters. The maximum Gasteiger partial charge on any atom is 0.409 e. The number of ether oxygens (including phenoxy) is 1. The van der Waals surface area contributed by atoms with E-state index in [1.807, 2.05) is 30.3 Å². The van der Waals surface area contributed by atoms with Gasteiger partial charge in [-0.1, -0.05) is 30.3 Å². The Balaban J connectivity index is 2.39. The lowest BCUT2D eigenvalue weighted by Gasteiger charge is -2.19. The van der Waals surface area contributed by atoms with Crippen molar-refractivity contribution in [1.29, 1.82) is 0 Å². The summed E-state index contributed by atoms with van der Waals surface area (Å²) in [7, 11) is 1.55. The maximum atomic E-state index is 12.0. The van der Waals surface area contributed by atoms with Crippen LogP contribution in [0.3, 0.4) is 0 Å². The van der Waals surface area contributed by atoms with Crippen molar-refractivity contribution in [3.63, 3.8) is 0 Å². The van der Waals surface area contributed by atoms with Gasteiger partial charge in [-0.05, 0) is 31.2 Å².